The van der Waals surface area contributed by atoms with Crippen molar-refractivity contribution in [1.82, 2.24) is 5.32 Å². The van der Waals surface area contributed by atoms with Gasteiger partial charge < -0.3 is 10.1 Å². The lowest BCUT2D eigenvalue weighted by Crippen LogP contribution is -2.43. The maximum atomic E-state index is 12.8. The van der Waals surface area contributed by atoms with Crippen molar-refractivity contribution in [3.8, 4) is 5.75 Å². The summed E-state index contributed by atoms with van der Waals surface area (Å²) in [5.41, 5.74) is 1.57. The molecule has 156 valence electrons. The van der Waals surface area contributed by atoms with Crippen LogP contribution in [0.15, 0.2) is 48.5 Å². The molecule has 0 aliphatic carbocycles. The topological polar surface area (TPSA) is 75.7 Å². The zero-order valence-corrected chi connectivity index (χ0v) is 18.0. The number of fused-ring (bicyclic) bond motifs is 1. The maximum absolute atomic E-state index is 12.8. The van der Waals surface area contributed by atoms with Gasteiger partial charge in [-0.15, -0.1) is 0 Å². The highest BCUT2D eigenvalue weighted by Gasteiger charge is 2.31. The number of halogens is 1. The monoisotopic (exact) mass is 436 g/mol. The lowest BCUT2D eigenvalue weighted by molar-refractivity contribution is -0.128. The predicted octanol–water partition coefficient (Wildman–Crippen LogP) is 3.39. The second kappa shape index (κ2) is 9.05. The van der Waals surface area contributed by atoms with Crippen molar-refractivity contribution in [3.05, 3.63) is 59.1 Å². The fraction of sp³-hybridized carbons (Fsp3) is 0.381. The van der Waals surface area contributed by atoms with E-state index < -0.39 is 16.1 Å². The first-order valence-electron chi connectivity index (χ1n) is 9.52. The van der Waals surface area contributed by atoms with E-state index in [0.717, 1.165) is 19.1 Å². The zero-order valence-electron chi connectivity index (χ0n) is 16.5. The van der Waals surface area contributed by atoms with E-state index in [4.69, 9.17) is 16.3 Å². The van der Waals surface area contributed by atoms with Crippen molar-refractivity contribution in [2.45, 2.75) is 38.3 Å². The molecule has 0 radical (unpaired) electrons. The molecule has 0 unspecified atom stereocenters. The van der Waals surface area contributed by atoms with E-state index >= 15 is 0 Å². The molecule has 0 fully saturated rings. The van der Waals surface area contributed by atoms with E-state index in [1.807, 2.05) is 25.1 Å². The quantitative estimate of drug-likeness (QED) is 0.753. The highest BCUT2D eigenvalue weighted by Crippen LogP contribution is 2.36. The molecule has 29 heavy (non-hydrogen) atoms. The Morgan fingerprint density at radius 1 is 1.28 bits per heavy atom. The van der Waals surface area contributed by atoms with Crippen molar-refractivity contribution in [3.63, 3.8) is 0 Å². The first-order chi connectivity index (χ1) is 13.7. The van der Waals surface area contributed by atoms with Gasteiger partial charge in [0.15, 0.2) is 6.10 Å². The molecular weight excluding hydrogens is 412 g/mol. The summed E-state index contributed by atoms with van der Waals surface area (Å²) in [5.74, 6) is 0.0798. The van der Waals surface area contributed by atoms with Crippen LogP contribution in [-0.2, 0) is 21.2 Å². The molecule has 1 aliphatic heterocycles. The Morgan fingerprint density at radius 3 is 2.69 bits per heavy atom. The van der Waals surface area contributed by atoms with Crippen molar-refractivity contribution >= 4 is 33.2 Å². The minimum atomic E-state index is -3.53. The molecule has 1 heterocycles. The van der Waals surface area contributed by atoms with E-state index in [2.05, 4.69) is 17.4 Å². The van der Waals surface area contributed by atoms with Crippen LogP contribution in [-0.4, -0.2) is 39.3 Å². The van der Waals surface area contributed by atoms with E-state index in [-0.39, 0.29) is 24.9 Å². The van der Waals surface area contributed by atoms with Crippen LogP contribution in [0.3, 0.4) is 0 Å². The number of sulfonamides is 1. The standard InChI is InChI=1S/C21H25ClN2O4S/c1-15(8-9-16-6-4-3-5-7-16)23-21(25)20-12-13-24(29(2,26)27)18-14-17(22)10-11-19(18)28-20/h3-7,10-11,14-15,20H,8-9,12-13H2,1-2H3,(H,23,25)/t15-,20+/m1/s1. The second-order valence-corrected chi connectivity index (χ2v) is 9.62. The smallest absolute Gasteiger partial charge is 0.261 e. The molecule has 0 saturated heterocycles. The summed E-state index contributed by atoms with van der Waals surface area (Å²) in [7, 11) is -3.53. The minimum Gasteiger partial charge on any atom is -0.478 e. The summed E-state index contributed by atoms with van der Waals surface area (Å²) in [5, 5.41) is 3.39. The minimum absolute atomic E-state index is 0.0368. The van der Waals surface area contributed by atoms with Gasteiger partial charge in [0.25, 0.3) is 5.91 Å². The predicted molar refractivity (Wildman–Crippen MR) is 115 cm³/mol. The van der Waals surface area contributed by atoms with Crippen LogP contribution < -0.4 is 14.4 Å². The van der Waals surface area contributed by atoms with Crippen LogP contribution in [0.25, 0.3) is 0 Å². The third-order valence-electron chi connectivity index (χ3n) is 4.84. The molecule has 1 aliphatic rings. The first-order valence-corrected chi connectivity index (χ1v) is 11.7. The average Bonchev–Trinajstić information content (AvgIpc) is 2.86. The summed E-state index contributed by atoms with van der Waals surface area (Å²) in [6.07, 6.45) is 2.25. The van der Waals surface area contributed by atoms with Gasteiger partial charge in [0.2, 0.25) is 10.0 Å². The molecule has 8 heteroatoms. The van der Waals surface area contributed by atoms with Crippen LogP contribution in [0.5, 0.6) is 5.75 Å². The van der Waals surface area contributed by atoms with Gasteiger partial charge in [0.1, 0.15) is 5.75 Å². The van der Waals surface area contributed by atoms with Crippen molar-refractivity contribution in [2.75, 3.05) is 17.1 Å². The third-order valence-corrected chi connectivity index (χ3v) is 6.26. The molecule has 1 amide bonds. The van der Waals surface area contributed by atoms with Crippen molar-refractivity contribution in [1.29, 1.82) is 0 Å². The lowest BCUT2D eigenvalue weighted by atomic mass is 10.1. The number of carbonyl (C=O) groups excluding carboxylic acids is 1. The molecule has 6 nitrogen and oxygen atoms in total. The largest absolute Gasteiger partial charge is 0.478 e. The fourth-order valence-electron chi connectivity index (χ4n) is 3.32. The van der Waals surface area contributed by atoms with E-state index in [0.29, 0.717) is 16.5 Å². The molecule has 3 rings (SSSR count). The van der Waals surface area contributed by atoms with Crippen molar-refractivity contribution in [2.24, 2.45) is 0 Å². The van der Waals surface area contributed by atoms with Gasteiger partial charge in [-0.1, -0.05) is 41.9 Å². The number of amides is 1. The SMILES string of the molecule is C[C@H](CCc1ccccc1)NC(=O)[C@@H]1CCN(S(C)(=O)=O)c2cc(Cl)ccc2O1. The molecule has 0 saturated carbocycles. The number of anilines is 1. The van der Waals surface area contributed by atoms with Gasteiger partial charge in [-0.3, -0.25) is 9.10 Å². The van der Waals surface area contributed by atoms with Crippen LogP contribution in [0.2, 0.25) is 5.02 Å². The highest BCUT2D eigenvalue weighted by molar-refractivity contribution is 7.92. The fourth-order valence-corrected chi connectivity index (χ4v) is 4.42. The normalized spacial score (nSPS) is 17.6. The van der Waals surface area contributed by atoms with Crippen molar-refractivity contribution < 1.29 is 17.9 Å². The molecule has 0 spiro atoms. The molecule has 2 atom stereocenters. The Bertz CT molecular complexity index is 966. The molecular formula is C21H25ClN2O4S. The van der Waals surface area contributed by atoms with Gasteiger partial charge in [0.05, 0.1) is 11.9 Å². The zero-order chi connectivity index (χ0) is 21.0. The number of carbonyl (C=O) groups is 1. The van der Waals surface area contributed by atoms with Gasteiger partial charge >= 0.3 is 0 Å². The molecule has 2 aromatic carbocycles. The summed E-state index contributed by atoms with van der Waals surface area (Å²) < 4.78 is 31.6. The van der Waals surface area contributed by atoms with Gasteiger partial charge in [-0.2, -0.15) is 0 Å². The number of aryl methyl sites for hydroxylation is 1. The molecule has 0 aromatic heterocycles. The number of rotatable bonds is 6. The number of benzene rings is 2. The second-order valence-electron chi connectivity index (χ2n) is 7.28. The Balaban J connectivity index is 1.68. The Morgan fingerprint density at radius 2 is 2.00 bits per heavy atom. The van der Waals surface area contributed by atoms with Gasteiger partial charge in [-0.05, 0) is 43.5 Å². The Hall–Kier alpha value is -2.25. The van der Waals surface area contributed by atoms with Crippen LogP contribution in [0.1, 0.15) is 25.3 Å². The summed E-state index contributed by atoms with van der Waals surface area (Å²) >= 11 is 6.04. The third kappa shape index (κ3) is 5.64. The van der Waals surface area contributed by atoms with Gasteiger partial charge in [0, 0.05) is 24.0 Å². The lowest BCUT2D eigenvalue weighted by Gasteiger charge is -2.21. The number of nitrogens with zero attached hydrogens (tertiary/aromatic N) is 1. The molecule has 1 N–H and O–H groups in total. The first kappa shape index (κ1) is 21.5. The number of hydrogen-bond acceptors (Lipinski definition) is 4. The summed E-state index contributed by atoms with van der Waals surface area (Å²) in [4.78, 5) is 12.8. The molecule has 0 bridgehead atoms. The van der Waals surface area contributed by atoms with Crippen LogP contribution in [0, 0.1) is 0 Å². The van der Waals surface area contributed by atoms with Crippen LogP contribution in [0.4, 0.5) is 5.69 Å². The average molecular weight is 437 g/mol. The molecule has 2 aromatic rings. The maximum Gasteiger partial charge on any atom is 0.261 e. The van der Waals surface area contributed by atoms with E-state index in [1.165, 1.54) is 9.87 Å². The summed E-state index contributed by atoms with van der Waals surface area (Å²) in [6.45, 7) is 2.09. The number of hydrogen-bond donors (Lipinski definition) is 1. The Labute approximate surface area is 176 Å². The number of nitrogens with one attached hydrogen (secondary N) is 1. The number of ether oxygens (including phenoxy) is 1. The Kier molecular flexibility index (Phi) is 6.70. The van der Waals surface area contributed by atoms with Crippen LogP contribution >= 0.6 is 11.6 Å². The van der Waals surface area contributed by atoms with E-state index in [9.17, 15) is 13.2 Å². The summed E-state index contributed by atoms with van der Waals surface area (Å²) in [6, 6.07) is 14.8. The highest BCUT2D eigenvalue weighted by atomic mass is 35.5. The van der Waals surface area contributed by atoms with E-state index in [1.54, 1.807) is 18.2 Å². The van der Waals surface area contributed by atoms with Gasteiger partial charge in [-0.25, -0.2) is 8.42 Å².